The van der Waals surface area contributed by atoms with Crippen LogP contribution in [0.4, 0.5) is 5.69 Å². The summed E-state index contributed by atoms with van der Waals surface area (Å²) in [7, 11) is 0. The summed E-state index contributed by atoms with van der Waals surface area (Å²) in [5.74, 6) is -1.22. The molecule has 0 radical (unpaired) electrons. The van der Waals surface area contributed by atoms with Gasteiger partial charge in [-0.05, 0) is 29.8 Å². The molecule has 0 heterocycles. The quantitative estimate of drug-likeness (QED) is 0.660. The number of amides is 1. The fraction of sp³-hybridized carbons (Fsp3) is 0.0667. The van der Waals surface area contributed by atoms with E-state index in [1.54, 1.807) is 18.2 Å². The van der Waals surface area contributed by atoms with E-state index < -0.39 is 28.3 Å². The van der Waals surface area contributed by atoms with Gasteiger partial charge in [0.15, 0.2) is 5.75 Å². The topological polar surface area (TPSA) is 116 Å². The molecule has 1 atom stereocenters. The Morgan fingerprint density at radius 2 is 2.09 bits per heavy atom. The molecule has 0 fully saturated rings. The summed E-state index contributed by atoms with van der Waals surface area (Å²) in [6.07, 6.45) is 0. The number of nitro groups is 1. The number of nitrogens with one attached hydrogen (secondary N) is 1. The molecule has 0 unspecified atom stereocenters. The first-order chi connectivity index (χ1) is 10.9. The van der Waals surface area contributed by atoms with Crippen LogP contribution in [-0.2, 0) is 0 Å². The summed E-state index contributed by atoms with van der Waals surface area (Å²) in [4.78, 5) is 22.1. The molecule has 2 N–H and O–H groups in total. The Hall–Kier alpha value is -3.11. The van der Waals surface area contributed by atoms with Crippen LogP contribution >= 0.6 is 11.6 Å². The molecule has 0 saturated heterocycles. The normalized spacial score (nSPS) is 11.3. The van der Waals surface area contributed by atoms with Gasteiger partial charge in [-0.3, -0.25) is 14.9 Å². The molecule has 2 aromatic carbocycles. The summed E-state index contributed by atoms with van der Waals surface area (Å²) in [5, 5.41) is 32.2. The van der Waals surface area contributed by atoms with Gasteiger partial charge in [0.1, 0.15) is 6.04 Å². The molecule has 0 spiro atoms. The molecule has 0 saturated carbocycles. The molecule has 7 nitrogen and oxygen atoms in total. The number of aromatic hydroxyl groups is 1. The number of phenols is 1. The largest absolute Gasteiger partial charge is 0.502 e. The molecule has 116 valence electrons. The fourth-order valence-electron chi connectivity index (χ4n) is 1.90. The molecule has 23 heavy (non-hydrogen) atoms. The highest BCUT2D eigenvalue weighted by atomic mass is 35.5. The van der Waals surface area contributed by atoms with Crippen LogP contribution in [0.5, 0.6) is 5.75 Å². The van der Waals surface area contributed by atoms with Gasteiger partial charge in [0, 0.05) is 16.7 Å². The molecule has 2 aromatic rings. The van der Waals surface area contributed by atoms with Gasteiger partial charge in [0.2, 0.25) is 0 Å². The van der Waals surface area contributed by atoms with Gasteiger partial charge < -0.3 is 10.4 Å². The lowest BCUT2D eigenvalue weighted by Crippen LogP contribution is -2.27. The first-order valence-corrected chi connectivity index (χ1v) is 6.73. The second-order valence-electron chi connectivity index (χ2n) is 4.55. The number of nitrogens with zero attached hydrogens (tertiary/aromatic N) is 2. The molecule has 0 aliphatic heterocycles. The Labute approximate surface area is 135 Å². The summed E-state index contributed by atoms with van der Waals surface area (Å²) in [6, 6.07) is 10.6. The molecule has 1 amide bonds. The van der Waals surface area contributed by atoms with Crippen molar-refractivity contribution in [2.45, 2.75) is 6.04 Å². The smallest absolute Gasteiger partial charge is 0.311 e. The van der Waals surface area contributed by atoms with Crippen LogP contribution in [0.2, 0.25) is 5.02 Å². The molecular formula is C15H10ClN3O4. The number of halogens is 1. The second kappa shape index (κ2) is 6.77. The van der Waals surface area contributed by atoms with Crippen LogP contribution in [0.25, 0.3) is 0 Å². The summed E-state index contributed by atoms with van der Waals surface area (Å²) >= 11 is 5.85. The lowest BCUT2D eigenvalue weighted by molar-refractivity contribution is -0.385. The van der Waals surface area contributed by atoms with E-state index in [2.05, 4.69) is 5.32 Å². The predicted molar refractivity (Wildman–Crippen MR) is 82.0 cm³/mol. The van der Waals surface area contributed by atoms with Gasteiger partial charge in [-0.2, -0.15) is 5.26 Å². The van der Waals surface area contributed by atoms with Gasteiger partial charge in [0.05, 0.1) is 11.0 Å². The fourth-order valence-corrected chi connectivity index (χ4v) is 2.10. The number of carbonyl (C=O) groups is 1. The standard InChI is InChI=1S/C15H10ClN3O4/c16-11-3-1-2-9(6-11)12(8-17)18-15(21)10-4-5-14(20)13(7-10)19(22)23/h1-7,12,20H,(H,18,21)/t12-/m1/s1. The van der Waals surface area contributed by atoms with E-state index in [0.29, 0.717) is 10.6 Å². The third kappa shape index (κ3) is 3.75. The number of benzene rings is 2. The van der Waals surface area contributed by atoms with Crippen molar-refractivity contribution < 1.29 is 14.8 Å². The zero-order chi connectivity index (χ0) is 17.0. The number of carbonyl (C=O) groups excluding carboxylic acids is 1. The Balaban J connectivity index is 2.26. The third-order valence-corrected chi connectivity index (χ3v) is 3.26. The van der Waals surface area contributed by atoms with E-state index in [0.717, 1.165) is 12.1 Å². The maximum absolute atomic E-state index is 12.2. The van der Waals surface area contributed by atoms with Gasteiger partial charge in [-0.25, -0.2) is 0 Å². The molecular weight excluding hydrogens is 322 g/mol. The van der Waals surface area contributed by atoms with Crippen LogP contribution in [0.1, 0.15) is 22.0 Å². The minimum absolute atomic E-state index is 0.0446. The highest BCUT2D eigenvalue weighted by Gasteiger charge is 2.20. The second-order valence-corrected chi connectivity index (χ2v) is 4.99. The van der Waals surface area contributed by atoms with Crippen molar-refractivity contribution in [3.05, 3.63) is 68.7 Å². The zero-order valence-electron chi connectivity index (χ0n) is 11.6. The van der Waals surface area contributed by atoms with E-state index in [4.69, 9.17) is 11.6 Å². The maximum Gasteiger partial charge on any atom is 0.311 e. The molecule has 8 heteroatoms. The van der Waals surface area contributed by atoms with Crippen LogP contribution < -0.4 is 5.32 Å². The monoisotopic (exact) mass is 331 g/mol. The molecule has 2 rings (SSSR count). The van der Waals surface area contributed by atoms with Crippen molar-refractivity contribution in [3.63, 3.8) is 0 Å². The van der Waals surface area contributed by atoms with Crippen molar-refractivity contribution in [2.24, 2.45) is 0 Å². The number of rotatable bonds is 4. The van der Waals surface area contributed by atoms with E-state index in [-0.39, 0.29) is 5.56 Å². The van der Waals surface area contributed by atoms with E-state index in [1.807, 2.05) is 6.07 Å². The highest BCUT2D eigenvalue weighted by molar-refractivity contribution is 6.30. The average molecular weight is 332 g/mol. The number of hydrogen-bond donors (Lipinski definition) is 2. The molecule has 0 aromatic heterocycles. The van der Waals surface area contributed by atoms with Crippen LogP contribution in [0.15, 0.2) is 42.5 Å². The minimum atomic E-state index is -0.964. The van der Waals surface area contributed by atoms with Crippen molar-refractivity contribution in [1.82, 2.24) is 5.32 Å². The summed E-state index contributed by atoms with van der Waals surface area (Å²) < 4.78 is 0. The number of hydrogen-bond acceptors (Lipinski definition) is 5. The first-order valence-electron chi connectivity index (χ1n) is 6.35. The van der Waals surface area contributed by atoms with E-state index in [9.17, 15) is 25.3 Å². The highest BCUT2D eigenvalue weighted by Crippen LogP contribution is 2.26. The SMILES string of the molecule is N#C[C@@H](NC(=O)c1ccc(O)c([N+](=O)[O-])c1)c1cccc(Cl)c1. The maximum atomic E-state index is 12.2. The van der Waals surface area contributed by atoms with E-state index in [1.165, 1.54) is 12.1 Å². The lowest BCUT2D eigenvalue weighted by Gasteiger charge is -2.12. The first kappa shape index (κ1) is 16.3. The zero-order valence-corrected chi connectivity index (χ0v) is 12.3. The van der Waals surface area contributed by atoms with Crippen molar-refractivity contribution in [2.75, 3.05) is 0 Å². The van der Waals surface area contributed by atoms with E-state index >= 15 is 0 Å². The van der Waals surface area contributed by atoms with Gasteiger partial charge >= 0.3 is 5.69 Å². The molecule has 0 aliphatic carbocycles. The Morgan fingerprint density at radius 1 is 1.35 bits per heavy atom. The summed E-state index contributed by atoms with van der Waals surface area (Å²) in [6.45, 7) is 0. The Morgan fingerprint density at radius 3 is 2.70 bits per heavy atom. The lowest BCUT2D eigenvalue weighted by atomic mass is 10.1. The van der Waals surface area contributed by atoms with Gasteiger partial charge in [0.25, 0.3) is 5.91 Å². The van der Waals surface area contributed by atoms with Gasteiger partial charge in [-0.1, -0.05) is 23.7 Å². The van der Waals surface area contributed by atoms with Crippen molar-refractivity contribution in [1.29, 1.82) is 5.26 Å². The molecule has 0 bridgehead atoms. The third-order valence-electron chi connectivity index (χ3n) is 3.02. The minimum Gasteiger partial charge on any atom is -0.502 e. The van der Waals surface area contributed by atoms with Crippen molar-refractivity contribution in [3.8, 4) is 11.8 Å². The Bertz CT molecular complexity index is 817. The van der Waals surface area contributed by atoms with Gasteiger partial charge in [-0.15, -0.1) is 0 Å². The average Bonchev–Trinajstić information content (AvgIpc) is 2.52. The number of nitriles is 1. The van der Waals surface area contributed by atoms with Crippen molar-refractivity contribution >= 4 is 23.2 Å². The predicted octanol–water partition coefficient (Wildman–Crippen LogP) is 2.95. The Kier molecular flexibility index (Phi) is 4.79. The number of phenolic OH excluding ortho intramolecular Hbond substituents is 1. The number of nitro benzene ring substituents is 1. The van der Waals surface area contributed by atoms with Crippen LogP contribution in [-0.4, -0.2) is 15.9 Å². The summed E-state index contributed by atoms with van der Waals surface area (Å²) in [5.41, 5.74) is -0.146. The van der Waals surface area contributed by atoms with Crippen LogP contribution in [0, 0.1) is 21.4 Å². The van der Waals surface area contributed by atoms with Crippen LogP contribution in [0.3, 0.4) is 0 Å². The molecule has 0 aliphatic rings.